The Morgan fingerprint density at radius 2 is 2.14 bits per heavy atom. The normalized spacial score (nSPS) is 12.4. The summed E-state index contributed by atoms with van der Waals surface area (Å²) >= 11 is 1.70. The molecule has 1 atom stereocenters. The van der Waals surface area contributed by atoms with Crippen molar-refractivity contribution in [1.82, 2.24) is 19.9 Å². The van der Waals surface area contributed by atoms with E-state index in [9.17, 15) is 0 Å². The lowest BCUT2D eigenvalue weighted by atomic mass is 10.2. The first-order chi connectivity index (χ1) is 10.3. The monoisotopic (exact) mass is 298 g/mol. The third kappa shape index (κ3) is 3.77. The van der Waals surface area contributed by atoms with Crippen LogP contribution in [0, 0.1) is 0 Å². The molecule has 21 heavy (non-hydrogen) atoms. The molecular formula is C16H18N4S. The maximum absolute atomic E-state index is 4.69. The molecule has 0 aliphatic heterocycles. The van der Waals surface area contributed by atoms with Crippen molar-refractivity contribution < 1.29 is 0 Å². The van der Waals surface area contributed by atoms with Crippen LogP contribution in [-0.4, -0.2) is 20.6 Å². The SMILES string of the molecule is CC(Cn1ccnc1)NCc1nc(-c2ccccc2)cs1. The van der Waals surface area contributed by atoms with Gasteiger partial charge >= 0.3 is 0 Å². The fourth-order valence-corrected chi connectivity index (χ4v) is 2.92. The van der Waals surface area contributed by atoms with Gasteiger partial charge in [0.25, 0.3) is 0 Å². The van der Waals surface area contributed by atoms with E-state index < -0.39 is 0 Å². The van der Waals surface area contributed by atoms with Crippen LogP contribution >= 0.6 is 11.3 Å². The number of aromatic nitrogens is 3. The van der Waals surface area contributed by atoms with Gasteiger partial charge in [-0.25, -0.2) is 9.97 Å². The van der Waals surface area contributed by atoms with E-state index in [-0.39, 0.29) is 0 Å². The first-order valence-electron chi connectivity index (χ1n) is 7.00. The average Bonchev–Trinajstić information content (AvgIpc) is 3.17. The predicted octanol–water partition coefficient (Wildman–Crippen LogP) is 3.18. The molecule has 4 nitrogen and oxygen atoms in total. The van der Waals surface area contributed by atoms with E-state index >= 15 is 0 Å². The van der Waals surface area contributed by atoms with Crippen molar-refractivity contribution in [2.75, 3.05) is 0 Å². The van der Waals surface area contributed by atoms with Gasteiger partial charge < -0.3 is 9.88 Å². The maximum Gasteiger partial charge on any atom is 0.107 e. The number of hydrogen-bond donors (Lipinski definition) is 1. The Labute approximate surface area is 128 Å². The van der Waals surface area contributed by atoms with Crippen LogP contribution in [0.5, 0.6) is 0 Å². The van der Waals surface area contributed by atoms with Crippen molar-refractivity contribution in [2.24, 2.45) is 0 Å². The molecule has 3 rings (SSSR count). The standard InChI is InChI=1S/C16H18N4S/c1-13(10-20-8-7-17-12-20)18-9-16-19-15(11-21-16)14-5-3-2-4-6-14/h2-8,11-13,18H,9-10H2,1H3. The van der Waals surface area contributed by atoms with Crippen molar-refractivity contribution in [3.8, 4) is 11.3 Å². The van der Waals surface area contributed by atoms with E-state index in [4.69, 9.17) is 0 Å². The van der Waals surface area contributed by atoms with Crippen LogP contribution in [0.4, 0.5) is 0 Å². The van der Waals surface area contributed by atoms with Crippen molar-refractivity contribution >= 4 is 11.3 Å². The molecule has 0 amide bonds. The van der Waals surface area contributed by atoms with E-state index in [0.717, 1.165) is 23.8 Å². The van der Waals surface area contributed by atoms with Gasteiger partial charge in [0, 0.05) is 42.5 Å². The summed E-state index contributed by atoms with van der Waals surface area (Å²) in [6.45, 7) is 3.88. The molecule has 0 aliphatic rings. The minimum absolute atomic E-state index is 0.378. The quantitative estimate of drug-likeness (QED) is 0.760. The highest BCUT2D eigenvalue weighted by atomic mass is 32.1. The van der Waals surface area contributed by atoms with Crippen molar-refractivity contribution in [3.63, 3.8) is 0 Å². The topological polar surface area (TPSA) is 42.7 Å². The zero-order chi connectivity index (χ0) is 14.5. The van der Waals surface area contributed by atoms with E-state index in [0.29, 0.717) is 6.04 Å². The van der Waals surface area contributed by atoms with Gasteiger partial charge in [0.05, 0.1) is 12.0 Å². The zero-order valence-corrected chi connectivity index (χ0v) is 12.8. The molecule has 3 aromatic rings. The van der Waals surface area contributed by atoms with Gasteiger partial charge in [-0.15, -0.1) is 11.3 Å². The summed E-state index contributed by atoms with van der Waals surface area (Å²) in [5, 5.41) is 6.74. The molecule has 1 aromatic carbocycles. The second-order valence-corrected chi connectivity index (χ2v) is 5.98. The Kier molecular flexibility index (Phi) is 4.43. The summed E-state index contributed by atoms with van der Waals surface area (Å²) in [7, 11) is 0. The van der Waals surface area contributed by atoms with Gasteiger partial charge in [0.2, 0.25) is 0 Å². The highest BCUT2D eigenvalue weighted by Gasteiger charge is 2.06. The second kappa shape index (κ2) is 6.65. The Balaban J connectivity index is 1.55. The number of benzene rings is 1. The molecule has 0 fully saturated rings. The third-order valence-electron chi connectivity index (χ3n) is 3.27. The lowest BCUT2D eigenvalue weighted by molar-refractivity contribution is 0.475. The summed E-state index contributed by atoms with van der Waals surface area (Å²) in [5.41, 5.74) is 2.23. The summed E-state index contributed by atoms with van der Waals surface area (Å²) in [5.74, 6) is 0. The molecule has 5 heteroatoms. The number of imidazole rings is 1. The van der Waals surface area contributed by atoms with E-state index in [1.54, 1.807) is 17.5 Å². The summed E-state index contributed by atoms with van der Waals surface area (Å²) in [4.78, 5) is 8.74. The van der Waals surface area contributed by atoms with Crippen molar-refractivity contribution in [3.05, 3.63) is 59.4 Å². The smallest absolute Gasteiger partial charge is 0.107 e. The number of hydrogen-bond acceptors (Lipinski definition) is 4. The van der Waals surface area contributed by atoms with Gasteiger partial charge in [-0.05, 0) is 6.92 Å². The van der Waals surface area contributed by atoms with E-state index in [1.165, 1.54) is 5.56 Å². The van der Waals surface area contributed by atoms with Crippen molar-refractivity contribution in [1.29, 1.82) is 0 Å². The number of nitrogens with zero attached hydrogens (tertiary/aromatic N) is 3. The molecule has 1 unspecified atom stereocenters. The molecule has 0 saturated carbocycles. The molecule has 0 saturated heterocycles. The Morgan fingerprint density at radius 3 is 2.90 bits per heavy atom. The lowest BCUT2D eigenvalue weighted by Crippen LogP contribution is -2.29. The average molecular weight is 298 g/mol. The van der Waals surface area contributed by atoms with E-state index in [2.05, 4.69) is 44.3 Å². The fourth-order valence-electron chi connectivity index (χ4n) is 2.17. The molecule has 2 aromatic heterocycles. The number of rotatable bonds is 6. The van der Waals surface area contributed by atoms with Crippen LogP contribution in [-0.2, 0) is 13.1 Å². The van der Waals surface area contributed by atoms with Gasteiger partial charge in [-0.2, -0.15) is 0 Å². The largest absolute Gasteiger partial charge is 0.336 e. The molecule has 0 spiro atoms. The number of nitrogens with one attached hydrogen (secondary N) is 1. The molecule has 0 aliphatic carbocycles. The van der Waals surface area contributed by atoms with Crippen molar-refractivity contribution in [2.45, 2.75) is 26.1 Å². The van der Waals surface area contributed by atoms with Crippen LogP contribution < -0.4 is 5.32 Å². The molecular weight excluding hydrogens is 280 g/mol. The summed E-state index contributed by atoms with van der Waals surface area (Å²) in [6.07, 6.45) is 5.63. The summed E-state index contributed by atoms with van der Waals surface area (Å²) in [6, 6.07) is 10.7. The van der Waals surface area contributed by atoms with Crippen LogP contribution in [0.25, 0.3) is 11.3 Å². The minimum Gasteiger partial charge on any atom is -0.336 e. The Bertz CT molecular complexity index is 661. The fraction of sp³-hybridized carbons (Fsp3) is 0.250. The molecule has 0 bridgehead atoms. The molecule has 0 radical (unpaired) electrons. The minimum atomic E-state index is 0.378. The van der Waals surface area contributed by atoms with Gasteiger partial charge in [0.1, 0.15) is 5.01 Å². The molecule has 1 N–H and O–H groups in total. The second-order valence-electron chi connectivity index (χ2n) is 5.03. The number of thiazole rings is 1. The van der Waals surface area contributed by atoms with Gasteiger partial charge in [-0.3, -0.25) is 0 Å². The zero-order valence-electron chi connectivity index (χ0n) is 11.9. The lowest BCUT2D eigenvalue weighted by Gasteiger charge is -2.13. The molecule has 2 heterocycles. The van der Waals surface area contributed by atoms with E-state index in [1.807, 2.05) is 30.7 Å². The first kappa shape index (κ1) is 14.0. The van der Waals surface area contributed by atoms with Crippen LogP contribution in [0.3, 0.4) is 0 Å². The van der Waals surface area contributed by atoms with Crippen LogP contribution in [0.15, 0.2) is 54.4 Å². The Hall–Kier alpha value is -1.98. The van der Waals surface area contributed by atoms with Gasteiger partial charge in [0.15, 0.2) is 0 Å². The van der Waals surface area contributed by atoms with Crippen LogP contribution in [0.1, 0.15) is 11.9 Å². The first-order valence-corrected chi connectivity index (χ1v) is 7.88. The maximum atomic E-state index is 4.69. The van der Waals surface area contributed by atoms with Crippen LogP contribution in [0.2, 0.25) is 0 Å². The highest BCUT2D eigenvalue weighted by molar-refractivity contribution is 7.09. The third-order valence-corrected chi connectivity index (χ3v) is 4.12. The highest BCUT2D eigenvalue weighted by Crippen LogP contribution is 2.21. The Morgan fingerprint density at radius 1 is 1.29 bits per heavy atom. The van der Waals surface area contributed by atoms with Gasteiger partial charge in [-0.1, -0.05) is 30.3 Å². The molecule has 108 valence electrons. The predicted molar refractivity (Wildman–Crippen MR) is 86.1 cm³/mol. The summed E-state index contributed by atoms with van der Waals surface area (Å²) < 4.78 is 2.08.